The zero-order chi connectivity index (χ0) is 22.7. The van der Waals surface area contributed by atoms with Crippen LogP contribution in [-0.2, 0) is 11.2 Å². The van der Waals surface area contributed by atoms with Gasteiger partial charge in [-0.3, -0.25) is 14.7 Å². The Morgan fingerprint density at radius 3 is 2.66 bits per heavy atom. The lowest BCUT2D eigenvalue weighted by Crippen LogP contribution is -2.50. The van der Waals surface area contributed by atoms with Gasteiger partial charge in [0, 0.05) is 58.5 Å². The monoisotopic (exact) mass is 437 g/mol. The maximum absolute atomic E-state index is 11.6. The molecule has 1 fully saturated rings. The highest BCUT2D eigenvalue weighted by molar-refractivity contribution is 5.73. The van der Waals surface area contributed by atoms with Crippen LogP contribution in [0.4, 0.5) is 0 Å². The summed E-state index contributed by atoms with van der Waals surface area (Å²) in [5.74, 6) is 3.62. The first kappa shape index (κ1) is 22.6. The molecule has 0 radical (unpaired) electrons. The second kappa shape index (κ2) is 9.94. The number of rotatable bonds is 6. The van der Waals surface area contributed by atoms with Crippen LogP contribution >= 0.6 is 0 Å². The number of hydrogen-bond acceptors (Lipinski definition) is 6. The van der Waals surface area contributed by atoms with Crippen molar-refractivity contribution in [1.29, 1.82) is 0 Å². The van der Waals surface area contributed by atoms with Crippen LogP contribution in [0.2, 0.25) is 0 Å². The Hall–Kier alpha value is -2.54. The van der Waals surface area contributed by atoms with Crippen LogP contribution < -0.4 is 0 Å². The third-order valence-electron chi connectivity index (χ3n) is 7.17. The molecule has 1 amide bonds. The molecule has 0 bridgehead atoms. The van der Waals surface area contributed by atoms with Crippen LogP contribution in [0.1, 0.15) is 40.0 Å². The SMILES string of the molecule is CC(=O)N1CCN(CC2C=C(C)C(Cc3nnc(-c4cccnc4)o3)CC2C(C)C)CC1. The molecule has 172 valence electrons. The van der Waals surface area contributed by atoms with Crippen molar-refractivity contribution in [3.05, 3.63) is 42.1 Å². The van der Waals surface area contributed by atoms with Crippen LogP contribution in [0.15, 0.2) is 40.6 Å². The number of amides is 1. The van der Waals surface area contributed by atoms with Gasteiger partial charge in [0.1, 0.15) is 0 Å². The van der Waals surface area contributed by atoms with E-state index in [9.17, 15) is 4.79 Å². The molecule has 2 aliphatic rings. The van der Waals surface area contributed by atoms with E-state index in [2.05, 4.69) is 46.9 Å². The van der Waals surface area contributed by atoms with Gasteiger partial charge in [0.15, 0.2) is 0 Å². The smallest absolute Gasteiger partial charge is 0.249 e. The van der Waals surface area contributed by atoms with E-state index in [-0.39, 0.29) is 5.91 Å². The molecule has 32 heavy (non-hydrogen) atoms. The number of pyridine rings is 1. The molecule has 7 nitrogen and oxygen atoms in total. The molecule has 7 heteroatoms. The predicted molar refractivity (Wildman–Crippen MR) is 124 cm³/mol. The highest BCUT2D eigenvalue weighted by atomic mass is 16.4. The average molecular weight is 438 g/mol. The molecule has 1 aliphatic carbocycles. The van der Waals surface area contributed by atoms with Crippen molar-refractivity contribution < 1.29 is 9.21 Å². The maximum Gasteiger partial charge on any atom is 0.249 e. The van der Waals surface area contributed by atoms with E-state index in [1.807, 2.05) is 17.0 Å². The van der Waals surface area contributed by atoms with Gasteiger partial charge in [-0.05, 0) is 49.1 Å². The highest BCUT2D eigenvalue weighted by Gasteiger charge is 2.34. The Morgan fingerprint density at radius 2 is 2.00 bits per heavy atom. The first-order chi connectivity index (χ1) is 15.4. The average Bonchev–Trinajstić information content (AvgIpc) is 3.25. The molecule has 3 unspecified atom stereocenters. The van der Waals surface area contributed by atoms with E-state index in [0.717, 1.165) is 51.1 Å². The van der Waals surface area contributed by atoms with Gasteiger partial charge in [0.05, 0.1) is 5.56 Å². The second-order valence-electron chi connectivity index (χ2n) is 9.67. The number of hydrogen-bond donors (Lipinski definition) is 0. The lowest BCUT2D eigenvalue weighted by molar-refractivity contribution is -0.130. The second-order valence-corrected chi connectivity index (χ2v) is 9.67. The molecule has 3 heterocycles. The summed E-state index contributed by atoms with van der Waals surface area (Å²) in [6.07, 6.45) is 7.90. The van der Waals surface area contributed by atoms with Gasteiger partial charge in [0.2, 0.25) is 17.7 Å². The van der Waals surface area contributed by atoms with Gasteiger partial charge >= 0.3 is 0 Å². The van der Waals surface area contributed by atoms with E-state index in [4.69, 9.17) is 4.42 Å². The van der Waals surface area contributed by atoms with Crippen molar-refractivity contribution in [2.24, 2.45) is 23.7 Å². The fourth-order valence-corrected chi connectivity index (χ4v) is 5.18. The van der Waals surface area contributed by atoms with Crippen molar-refractivity contribution in [2.75, 3.05) is 32.7 Å². The maximum atomic E-state index is 11.6. The molecule has 4 rings (SSSR count). The molecular formula is C25H35N5O2. The number of aromatic nitrogens is 3. The van der Waals surface area contributed by atoms with Gasteiger partial charge in [-0.25, -0.2) is 0 Å². The van der Waals surface area contributed by atoms with E-state index in [1.165, 1.54) is 5.57 Å². The summed E-state index contributed by atoms with van der Waals surface area (Å²) in [5.41, 5.74) is 2.28. The highest BCUT2D eigenvalue weighted by Crippen LogP contribution is 2.39. The minimum Gasteiger partial charge on any atom is -0.421 e. The summed E-state index contributed by atoms with van der Waals surface area (Å²) in [7, 11) is 0. The van der Waals surface area contributed by atoms with Crippen LogP contribution in [0.5, 0.6) is 0 Å². The van der Waals surface area contributed by atoms with Crippen molar-refractivity contribution in [2.45, 2.75) is 40.5 Å². The molecule has 2 aromatic rings. The number of piperazine rings is 1. The Balaban J connectivity index is 1.41. The topological polar surface area (TPSA) is 75.4 Å². The fourth-order valence-electron chi connectivity index (χ4n) is 5.18. The molecule has 0 spiro atoms. The first-order valence-corrected chi connectivity index (χ1v) is 11.8. The van der Waals surface area contributed by atoms with Crippen LogP contribution in [0.3, 0.4) is 0 Å². The van der Waals surface area contributed by atoms with Gasteiger partial charge in [-0.1, -0.05) is 25.5 Å². The number of carbonyl (C=O) groups is 1. The summed E-state index contributed by atoms with van der Waals surface area (Å²) in [5, 5.41) is 8.54. The normalized spacial score (nSPS) is 24.6. The Labute approximate surface area is 190 Å². The molecular weight excluding hydrogens is 402 g/mol. The van der Waals surface area contributed by atoms with Gasteiger partial charge in [0.25, 0.3) is 0 Å². The van der Waals surface area contributed by atoms with Crippen molar-refractivity contribution in [1.82, 2.24) is 25.0 Å². The Morgan fingerprint density at radius 1 is 1.22 bits per heavy atom. The van der Waals surface area contributed by atoms with Crippen molar-refractivity contribution >= 4 is 5.91 Å². The van der Waals surface area contributed by atoms with Crippen LogP contribution in [0.25, 0.3) is 11.5 Å². The van der Waals surface area contributed by atoms with Crippen LogP contribution in [0, 0.1) is 23.7 Å². The Bertz CT molecular complexity index is 931. The molecule has 0 saturated carbocycles. The summed E-state index contributed by atoms with van der Waals surface area (Å²) >= 11 is 0. The lowest BCUT2D eigenvalue weighted by atomic mass is 9.69. The zero-order valence-electron chi connectivity index (χ0n) is 19.7. The van der Waals surface area contributed by atoms with Gasteiger partial charge < -0.3 is 9.32 Å². The Kier molecular flexibility index (Phi) is 7.04. The molecule has 0 N–H and O–H groups in total. The van der Waals surface area contributed by atoms with Crippen LogP contribution in [-0.4, -0.2) is 63.6 Å². The standard InChI is InChI=1S/C25H35N5O2/c1-17(2)23-13-21(14-24-27-28-25(32-24)20-6-5-7-26-15-20)18(3)12-22(23)16-29-8-10-30(11-9-29)19(4)31/h5-7,12,15,17,21-23H,8-11,13-14,16H2,1-4H3. The van der Waals surface area contributed by atoms with E-state index in [1.54, 1.807) is 19.3 Å². The fraction of sp³-hybridized carbons (Fsp3) is 0.600. The number of nitrogens with zero attached hydrogens (tertiary/aromatic N) is 5. The van der Waals surface area contributed by atoms with E-state index in [0.29, 0.717) is 35.5 Å². The molecule has 1 saturated heterocycles. The first-order valence-electron chi connectivity index (χ1n) is 11.8. The third kappa shape index (κ3) is 5.26. The minimum absolute atomic E-state index is 0.189. The van der Waals surface area contributed by atoms with Gasteiger partial charge in [-0.2, -0.15) is 0 Å². The number of carbonyl (C=O) groups excluding carboxylic acids is 1. The van der Waals surface area contributed by atoms with E-state index >= 15 is 0 Å². The summed E-state index contributed by atoms with van der Waals surface area (Å²) in [4.78, 5) is 20.2. The third-order valence-corrected chi connectivity index (χ3v) is 7.17. The van der Waals surface area contributed by atoms with Crippen molar-refractivity contribution in [3.8, 4) is 11.5 Å². The predicted octanol–water partition coefficient (Wildman–Crippen LogP) is 3.69. The summed E-state index contributed by atoms with van der Waals surface area (Å²) in [6, 6.07) is 3.81. The zero-order valence-corrected chi connectivity index (χ0v) is 19.7. The molecule has 2 aromatic heterocycles. The number of allylic oxidation sites excluding steroid dienone is 1. The van der Waals surface area contributed by atoms with E-state index < -0.39 is 0 Å². The van der Waals surface area contributed by atoms with Gasteiger partial charge in [-0.15, -0.1) is 10.2 Å². The molecule has 3 atom stereocenters. The van der Waals surface area contributed by atoms with Crippen molar-refractivity contribution in [3.63, 3.8) is 0 Å². The summed E-state index contributed by atoms with van der Waals surface area (Å²) in [6.45, 7) is 13.3. The minimum atomic E-state index is 0.189. The summed E-state index contributed by atoms with van der Waals surface area (Å²) < 4.78 is 5.96. The lowest BCUT2D eigenvalue weighted by Gasteiger charge is -2.41. The molecule has 1 aliphatic heterocycles. The molecule has 0 aromatic carbocycles. The quantitative estimate of drug-likeness (QED) is 0.642. The largest absolute Gasteiger partial charge is 0.421 e.